The van der Waals surface area contributed by atoms with Crippen molar-refractivity contribution in [2.24, 2.45) is 0 Å². The van der Waals surface area contributed by atoms with Gasteiger partial charge in [0.15, 0.2) is 0 Å². The van der Waals surface area contributed by atoms with Crippen LogP contribution < -0.4 is 10.6 Å². The third kappa shape index (κ3) is 3.05. The molecular weight excluding hydrogens is 216 g/mol. The Morgan fingerprint density at radius 2 is 2.41 bits per heavy atom. The highest BCUT2D eigenvalue weighted by molar-refractivity contribution is 5.94. The number of hydrogen-bond donors (Lipinski definition) is 3. The Balaban J connectivity index is 1.93. The van der Waals surface area contributed by atoms with Gasteiger partial charge in [0.1, 0.15) is 0 Å². The lowest BCUT2D eigenvalue weighted by molar-refractivity contribution is 0.0562. The fraction of sp³-hybridized carbons (Fsp3) is 0.462. The first-order valence-electron chi connectivity index (χ1n) is 5.87. The Morgan fingerprint density at radius 1 is 1.59 bits per heavy atom. The first kappa shape index (κ1) is 12.1. The van der Waals surface area contributed by atoms with Crippen LogP contribution in [-0.2, 0) is 0 Å². The predicted molar refractivity (Wildman–Crippen MR) is 65.9 cm³/mol. The number of rotatable bonds is 3. The molecule has 0 saturated carbocycles. The van der Waals surface area contributed by atoms with E-state index in [4.69, 9.17) is 0 Å². The molecule has 0 aliphatic carbocycles. The molecule has 1 aromatic carbocycles. The minimum Gasteiger partial charge on any atom is -0.387 e. The Hall–Kier alpha value is -1.39. The number of carbonyl (C=O) groups is 1. The number of aliphatic hydroxyl groups is 1. The van der Waals surface area contributed by atoms with E-state index in [1.165, 1.54) is 0 Å². The summed E-state index contributed by atoms with van der Waals surface area (Å²) in [5, 5.41) is 15.9. The normalized spacial score (nSPS) is 23.6. The van der Waals surface area contributed by atoms with Gasteiger partial charge in [-0.3, -0.25) is 4.79 Å². The zero-order chi connectivity index (χ0) is 12.3. The number of hydrogen-bond acceptors (Lipinski definition) is 3. The van der Waals surface area contributed by atoms with Gasteiger partial charge >= 0.3 is 0 Å². The molecule has 1 atom stereocenters. The highest BCUT2D eigenvalue weighted by Gasteiger charge is 2.31. The third-order valence-corrected chi connectivity index (χ3v) is 3.08. The largest absolute Gasteiger partial charge is 0.387 e. The summed E-state index contributed by atoms with van der Waals surface area (Å²) in [7, 11) is 0. The second kappa shape index (κ2) is 4.85. The number of benzene rings is 1. The SMILES string of the molecule is Cc1cccc(C(=O)NCC2(O)CCNC2)c1. The molecule has 1 unspecified atom stereocenters. The van der Waals surface area contributed by atoms with Crippen molar-refractivity contribution in [2.45, 2.75) is 18.9 Å². The van der Waals surface area contributed by atoms with Gasteiger partial charge < -0.3 is 15.7 Å². The maximum absolute atomic E-state index is 11.9. The lowest BCUT2D eigenvalue weighted by Crippen LogP contribution is -2.44. The minimum absolute atomic E-state index is 0.131. The van der Waals surface area contributed by atoms with E-state index in [1.54, 1.807) is 6.07 Å². The Labute approximate surface area is 101 Å². The van der Waals surface area contributed by atoms with E-state index >= 15 is 0 Å². The van der Waals surface area contributed by atoms with Gasteiger partial charge in [0.05, 0.1) is 5.60 Å². The fourth-order valence-corrected chi connectivity index (χ4v) is 2.01. The second-order valence-electron chi connectivity index (χ2n) is 4.70. The zero-order valence-corrected chi connectivity index (χ0v) is 9.99. The number of carbonyl (C=O) groups excluding carboxylic acids is 1. The van der Waals surface area contributed by atoms with Crippen molar-refractivity contribution in [1.82, 2.24) is 10.6 Å². The van der Waals surface area contributed by atoms with Crippen molar-refractivity contribution < 1.29 is 9.90 Å². The van der Waals surface area contributed by atoms with E-state index < -0.39 is 5.60 Å². The molecule has 1 fully saturated rings. The van der Waals surface area contributed by atoms with Crippen LogP contribution in [0.25, 0.3) is 0 Å². The molecule has 92 valence electrons. The van der Waals surface area contributed by atoms with Crippen LogP contribution in [0.5, 0.6) is 0 Å². The molecule has 17 heavy (non-hydrogen) atoms. The summed E-state index contributed by atoms with van der Waals surface area (Å²) >= 11 is 0. The van der Waals surface area contributed by atoms with Crippen LogP contribution in [0.15, 0.2) is 24.3 Å². The number of aryl methyl sites for hydroxylation is 1. The highest BCUT2D eigenvalue weighted by atomic mass is 16.3. The van der Waals surface area contributed by atoms with Crippen molar-refractivity contribution in [3.05, 3.63) is 35.4 Å². The molecular formula is C13H18N2O2. The van der Waals surface area contributed by atoms with E-state index in [1.807, 2.05) is 25.1 Å². The van der Waals surface area contributed by atoms with Crippen molar-refractivity contribution in [3.63, 3.8) is 0 Å². The summed E-state index contributed by atoms with van der Waals surface area (Å²) in [6.07, 6.45) is 0.682. The monoisotopic (exact) mass is 234 g/mol. The van der Waals surface area contributed by atoms with E-state index in [2.05, 4.69) is 10.6 Å². The molecule has 0 spiro atoms. The molecule has 1 heterocycles. The highest BCUT2D eigenvalue weighted by Crippen LogP contribution is 2.13. The van der Waals surface area contributed by atoms with Gasteiger partial charge in [-0.15, -0.1) is 0 Å². The van der Waals surface area contributed by atoms with Gasteiger partial charge in [0, 0.05) is 18.7 Å². The average molecular weight is 234 g/mol. The molecule has 4 nitrogen and oxygen atoms in total. The molecule has 3 N–H and O–H groups in total. The number of β-amino-alcohol motifs (C(OH)–C–C–N with tert-alkyl or cyclic N) is 1. The van der Waals surface area contributed by atoms with E-state index in [9.17, 15) is 9.90 Å². The van der Waals surface area contributed by atoms with Gasteiger partial charge in [-0.05, 0) is 32.0 Å². The summed E-state index contributed by atoms with van der Waals surface area (Å²) in [4.78, 5) is 11.9. The van der Waals surface area contributed by atoms with Gasteiger partial charge in [-0.1, -0.05) is 17.7 Å². The van der Waals surface area contributed by atoms with Crippen molar-refractivity contribution in [2.75, 3.05) is 19.6 Å². The summed E-state index contributed by atoms with van der Waals surface area (Å²) in [5.41, 5.74) is 0.901. The third-order valence-electron chi connectivity index (χ3n) is 3.08. The second-order valence-corrected chi connectivity index (χ2v) is 4.70. The standard InChI is InChI=1S/C13H18N2O2/c1-10-3-2-4-11(7-10)12(16)15-9-13(17)5-6-14-8-13/h2-4,7,14,17H,5-6,8-9H2,1H3,(H,15,16). The zero-order valence-electron chi connectivity index (χ0n) is 9.99. The van der Waals surface area contributed by atoms with Crippen LogP contribution in [0.2, 0.25) is 0 Å². The quantitative estimate of drug-likeness (QED) is 0.711. The summed E-state index contributed by atoms with van der Waals surface area (Å²) in [6.45, 7) is 3.59. The van der Waals surface area contributed by atoms with Crippen LogP contribution in [-0.4, -0.2) is 36.2 Å². The smallest absolute Gasteiger partial charge is 0.251 e. The first-order valence-corrected chi connectivity index (χ1v) is 5.87. The number of nitrogens with one attached hydrogen (secondary N) is 2. The summed E-state index contributed by atoms with van der Waals surface area (Å²) in [6, 6.07) is 7.42. The van der Waals surface area contributed by atoms with Gasteiger partial charge in [0.2, 0.25) is 0 Å². The van der Waals surface area contributed by atoms with Crippen LogP contribution in [0, 0.1) is 6.92 Å². The van der Waals surface area contributed by atoms with Crippen LogP contribution >= 0.6 is 0 Å². The van der Waals surface area contributed by atoms with Crippen molar-refractivity contribution in [1.29, 1.82) is 0 Å². The Bertz CT molecular complexity index is 412. The lowest BCUT2D eigenvalue weighted by Gasteiger charge is -2.21. The predicted octanol–water partition coefficient (Wildman–Crippen LogP) is 0.449. The van der Waals surface area contributed by atoms with Crippen LogP contribution in [0.3, 0.4) is 0 Å². The van der Waals surface area contributed by atoms with Gasteiger partial charge in [-0.2, -0.15) is 0 Å². The molecule has 0 bridgehead atoms. The molecule has 1 amide bonds. The summed E-state index contributed by atoms with van der Waals surface area (Å²) < 4.78 is 0. The molecule has 2 rings (SSSR count). The van der Waals surface area contributed by atoms with Crippen molar-refractivity contribution in [3.8, 4) is 0 Å². The van der Waals surface area contributed by atoms with Crippen molar-refractivity contribution >= 4 is 5.91 Å². The average Bonchev–Trinajstić information content (AvgIpc) is 2.74. The molecule has 0 aromatic heterocycles. The Kier molecular flexibility index (Phi) is 3.45. The maximum atomic E-state index is 11.9. The number of amides is 1. The molecule has 1 saturated heterocycles. The fourth-order valence-electron chi connectivity index (χ4n) is 2.01. The molecule has 1 aliphatic heterocycles. The Morgan fingerprint density at radius 3 is 3.06 bits per heavy atom. The molecule has 4 heteroatoms. The minimum atomic E-state index is -0.792. The summed E-state index contributed by atoms with van der Waals surface area (Å²) in [5.74, 6) is -0.131. The van der Waals surface area contributed by atoms with Crippen LogP contribution in [0.4, 0.5) is 0 Å². The maximum Gasteiger partial charge on any atom is 0.251 e. The molecule has 1 aromatic rings. The molecule has 0 radical (unpaired) electrons. The first-order chi connectivity index (χ1) is 8.09. The topological polar surface area (TPSA) is 61.4 Å². The van der Waals surface area contributed by atoms with E-state index in [0.717, 1.165) is 12.1 Å². The van der Waals surface area contributed by atoms with Crippen LogP contribution in [0.1, 0.15) is 22.3 Å². The lowest BCUT2D eigenvalue weighted by atomic mass is 10.0. The molecule has 1 aliphatic rings. The van der Waals surface area contributed by atoms with Gasteiger partial charge in [-0.25, -0.2) is 0 Å². The van der Waals surface area contributed by atoms with E-state index in [0.29, 0.717) is 25.1 Å². The van der Waals surface area contributed by atoms with E-state index in [-0.39, 0.29) is 5.91 Å². The van der Waals surface area contributed by atoms with Gasteiger partial charge in [0.25, 0.3) is 5.91 Å².